The van der Waals surface area contributed by atoms with Gasteiger partial charge >= 0.3 is 0 Å². The van der Waals surface area contributed by atoms with Crippen molar-refractivity contribution in [2.45, 2.75) is 38.9 Å². The van der Waals surface area contributed by atoms with Gasteiger partial charge in [0.15, 0.2) is 0 Å². The van der Waals surface area contributed by atoms with E-state index in [1.165, 1.54) is 0 Å². The Balaban J connectivity index is 4.02. The fourth-order valence-electron chi connectivity index (χ4n) is 1.40. The topological polar surface area (TPSA) is 55.5 Å². The quantitative estimate of drug-likeness (QED) is 0.626. The molecule has 3 N–H and O–H groups in total. The van der Waals surface area contributed by atoms with Crippen LogP contribution < -0.4 is 5.73 Å². The lowest BCUT2D eigenvalue weighted by Gasteiger charge is -2.26. The molecular weight excluding hydrogens is 154 g/mol. The minimum Gasteiger partial charge on any atom is -0.390 e. The summed E-state index contributed by atoms with van der Waals surface area (Å²) in [5.41, 5.74) is 5.52. The van der Waals surface area contributed by atoms with E-state index in [1.54, 1.807) is 7.11 Å². The van der Waals surface area contributed by atoms with Gasteiger partial charge < -0.3 is 15.6 Å². The summed E-state index contributed by atoms with van der Waals surface area (Å²) in [6.45, 7) is 4.56. The molecule has 0 aromatic carbocycles. The van der Waals surface area contributed by atoms with Crippen molar-refractivity contribution in [3.05, 3.63) is 0 Å². The highest BCUT2D eigenvalue weighted by molar-refractivity contribution is 4.75. The Bertz CT molecular complexity index is 88.7. The van der Waals surface area contributed by atoms with Gasteiger partial charge in [0.25, 0.3) is 0 Å². The van der Waals surface area contributed by atoms with Gasteiger partial charge in [0.1, 0.15) is 0 Å². The summed E-state index contributed by atoms with van der Waals surface area (Å²) in [4.78, 5) is 0. The summed E-state index contributed by atoms with van der Waals surface area (Å²) in [5, 5.41) is 9.76. The second kappa shape index (κ2) is 6.40. The Kier molecular flexibility index (Phi) is 6.34. The summed E-state index contributed by atoms with van der Waals surface area (Å²) >= 11 is 0. The van der Waals surface area contributed by atoms with Crippen molar-refractivity contribution >= 4 is 0 Å². The van der Waals surface area contributed by atoms with Crippen molar-refractivity contribution in [2.24, 2.45) is 11.7 Å². The molecule has 0 bridgehead atoms. The SMILES string of the molecule is CCC(CN)C(O)C(CC)OC. The van der Waals surface area contributed by atoms with Gasteiger partial charge in [-0.1, -0.05) is 13.8 Å². The maximum absolute atomic E-state index is 9.76. The maximum atomic E-state index is 9.76. The highest BCUT2D eigenvalue weighted by atomic mass is 16.5. The van der Waals surface area contributed by atoms with Gasteiger partial charge in [0.05, 0.1) is 12.2 Å². The number of nitrogens with two attached hydrogens (primary N) is 1. The van der Waals surface area contributed by atoms with E-state index in [4.69, 9.17) is 10.5 Å². The van der Waals surface area contributed by atoms with Gasteiger partial charge in [-0.05, 0) is 25.3 Å². The summed E-state index contributed by atoms with van der Waals surface area (Å²) in [6, 6.07) is 0. The number of rotatable bonds is 6. The number of aliphatic hydroxyl groups is 1. The molecule has 0 aliphatic rings. The monoisotopic (exact) mass is 175 g/mol. The van der Waals surface area contributed by atoms with Gasteiger partial charge in [-0.25, -0.2) is 0 Å². The Morgan fingerprint density at radius 2 is 1.92 bits per heavy atom. The average molecular weight is 175 g/mol. The summed E-state index contributed by atoms with van der Waals surface area (Å²) in [7, 11) is 1.63. The van der Waals surface area contributed by atoms with E-state index in [0.717, 1.165) is 12.8 Å². The first-order valence-electron chi connectivity index (χ1n) is 4.62. The molecule has 0 amide bonds. The number of methoxy groups -OCH3 is 1. The molecule has 3 unspecified atom stereocenters. The highest BCUT2D eigenvalue weighted by Crippen LogP contribution is 2.14. The molecular formula is C9H21NO2. The Morgan fingerprint density at radius 3 is 2.17 bits per heavy atom. The first-order chi connectivity index (χ1) is 5.71. The van der Waals surface area contributed by atoms with E-state index < -0.39 is 6.10 Å². The number of hydrogen-bond donors (Lipinski definition) is 2. The Morgan fingerprint density at radius 1 is 1.33 bits per heavy atom. The van der Waals surface area contributed by atoms with Crippen LogP contribution in [0.4, 0.5) is 0 Å². The first kappa shape index (κ1) is 11.9. The van der Waals surface area contributed by atoms with Gasteiger partial charge in [-0.15, -0.1) is 0 Å². The summed E-state index contributed by atoms with van der Waals surface area (Å²) < 4.78 is 5.14. The minimum absolute atomic E-state index is 0.0708. The number of hydrogen-bond acceptors (Lipinski definition) is 3. The number of aliphatic hydroxyl groups excluding tert-OH is 1. The standard InChI is InChI=1S/C9H21NO2/c1-4-7(6-10)9(11)8(5-2)12-3/h7-9,11H,4-6,10H2,1-3H3. The fourth-order valence-corrected chi connectivity index (χ4v) is 1.40. The molecule has 0 heterocycles. The van der Waals surface area contributed by atoms with E-state index in [0.29, 0.717) is 6.54 Å². The minimum atomic E-state index is -0.421. The fraction of sp³-hybridized carbons (Fsp3) is 1.00. The lowest BCUT2D eigenvalue weighted by molar-refractivity contribution is -0.0418. The molecule has 3 heteroatoms. The summed E-state index contributed by atoms with van der Waals surface area (Å²) in [6.07, 6.45) is 1.24. The molecule has 0 saturated heterocycles. The summed E-state index contributed by atoms with van der Waals surface area (Å²) in [5.74, 6) is 0.162. The predicted octanol–water partition coefficient (Wildman–Crippen LogP) is 0.757. The van der Waals surface area contributed by atoms with E-state index in [2.05, 4.69) is 0 Å². The van der Waals surface area contributed by atoms with Crippen LogP contribution in [-0.4, -0.2) is 31.0 Å². The van der Waals surface area contributed by atoms with E-state index in [-0.39, 0.29) is 12.0 Å². The zero-order valence-corrected chi connectivity index (χ0v) is 8.29. The molecule has 0 fully saturated rings. The zero-order chi connectivity index (χ0) is 9.56. The molecule has 0 spiro atoms. The highest BCUT2D eigenvalue weighted by Gasteiger charge is 2.23. The third-order valence-corrected chi connectivity index (χ3v) is 2.40. The number of ether oxygens (including phenoxy) is 1. The van der Waals surface area contributed by atoms with Crippen LogP contribution in [0.5, 0.6) is 0 Å². The van der Waals surface area contributed by atoms with E-state index in [9.17, 15) is 5.11 Å². The molecule has 12 heavy (non-hydrogen) atoms. The van der Waals surface area contributed by atoms with Gasteiger partial charge in [0.2, 0.25) is 0 Å². The van der Waals surface area contributed by atoms with E-state index >= 15 is 0 Å². The third kappa shape index (κ3) is 3.09. The van der Waals surface area contributed by atoms with Gasteiger partial charge in [0, 0.05) is 7.11 Å². The second-order valence-electron chi connectivity index (χ2n) is 3.08. The normalized spacial score (nSPS) is 18.8. The molecule has 0 aromatic rings. The Labute approximate surface area is 74.9 Å². The molecule has 0 rings (SSSR count). The molecule has 3 nitrogen and oxygen atoms in total. The zero-order valence-electron chi connectivity index (χ0n) is 8.29. The van der Waals surface area contributed by atoms with Crippen LogP contribution in [0.2, 0.25) is 0 Å². The van der Waals surface area contributed by atoms with Crippen LogP contribution in [-0.2, 0) is 4.74 Å². The van der Waals surface area contributed by atoms with Crippen molar-refractivity contribution in [3.8, 4) is 0 Å². The lowest BCUT2D eigenvalue weighted by Crippen LogP contribution is -2.37. The van der Waals surface area contributed by atoms with Gasteiger partial charge in [-0.2, -0.15) is 0 Å². The molecule has 0 aromatic heterocycles. The average Bonchev–Trinajstić information content (AvgIpc) is 2.09. The van der Waals surface area contributed by atoms with Crippen LogP contribution in [0.25, 0.3) is 0 Å². The Hall–Kier alpha value is -0.120. The molecule has 0 aliphatic carbocycles. The van der Waals surface area contributed by atoms with Crippen LogP contribution in [0.15, 0.2) is 0 Å². The smallest absolute Gasteiger partial charge is 0.0841 e. The molecule has 0 aliphatic heterocycles. The van der Waals surface area contributed by atoms with Crippen LogP contribution >= 0.6 is 0 Å². The third-order valence-electron chi connectivity index (χ3n) is 2.40. The van der Waals surface area contributed by atoms with Crippen molar-refractivity contribution in [3.63, 3.8) is 0 Å². The second-order valence-corrected chi connectivity index (χ2v) is 3.08. The van der Waals surface area contributed by atoms with Crippen molar-refractivity contribution < 1.29 is 9.84 Å². The van der Waals surface area contributed by atoms with Crippen molar-refractivity contribution in [2.75, 3.05) is 13.7 Å². The van der Waals surface area contributed by atoms with Crippen molar-refractivity contribution in [1.82, 2.24) is 0 Å². The first-order valence-corrected chi connectivity index (χ1v) is 4.62. The van der Waals surface area contributed by atoms with Crippen LogP contribution in [0.1, 0.15) is 26.7 Å². The van der Waals surface area contributed by atoms with Crippen LogP contribution in [0, 0.1) is 5.92 Å². The molecule has 3 atom stereocenters. The molecule has 0 saturated carbocycles. The maximum Gasteiger partial charge on any atom is 0.0841 e. The molecule has 0 radical (unpaired) electrons. The lowest BCUT2D eigenvalue weighted by atomic mass is 9.94. The van der Waals surface area contributed by atoms with Gasteiger partial charge in [-0.3, -0.25) is 0 Å². The van der Waals surface area contributed by atoms with E-state index in [1.807, 2.05) is 13.8 Å². The predicted molar refractivity (Wildman–Crippen MR) is 49.9 cm³/mol. The van der Waals surface area contributed by atoms with Crippen molar-refractivity contribution in [1.29, 1.82) is 0 Å². The van der Waals surface area contributed by atoms with Crippen LogP contribution in [0.3, 0.4) is 0 Å². The largest absolute Gasteiger partial charge is 0.390 e. The molecule has 74 valence electrons.